The van der Waals surface area contributed by atoms with Gasteiger partial charge in [0.05, 0.1) is 12.1 Å². The number of benzene rings is 1. The SMILES string of the molecule is CN(CC(=O)Nc1sc2c(c1C(N)=O)CCC2)Cc1ccc(Br)cc1. The van der Waals surface area contributed by atoms with Crippen molar-refractivity contribution in [2.45, 2.75) is 25.8 Å². The zero-order valence-corrected chi connectivity index (χ0v) is 16.4. The van der Waals surface area contributed by atoms with Crippen molar-refractivity contribution >= 4 is 44.1 Å². The standard InChI is InChI=1S/C18H20BrN3O2S/c1-22(9-11-5-7-12(19)8-6-11)10-15(23)21-18-16(17(20)24)13-3-2-4-14(13)25-18/h5-8H,2-4,9-10H2,1H3,(H2,20,24)(H,21,23). The minimum atomic E-state index is -0.460. The van der Waals surface area contributed by atoms with Crippen LogP contribution in [0.15, 0.2) is 28.7 Å². The van der Waals surface area contributed by atoms with Gasteiger partial charge in [0.2, 0.25) is 5.91 Å². The first-order valence-electron chi connectivity index (χ1n) is 8.11. The molecular formula is C18H20BrN3O2S. The number of fused-ring (bicyclic) bond motifs is 1. The molecule has 1 aliphatic rings. The maximum Gasteiger partial charge on any atom is 0.251 e. The van der Waals surface area contributed by atoms with E-state index in [1.807, 2.05) is 36.2 Å². The summed E-state index contributed by atoms with van der Waals surface area (Å²) in [5.41, 5.74) is 8.18. The van der Waals surface area contributed by atoms with Gasteiger partial charge in [-0.15, -0.1) is 11.3 Å². The van der Waals surface area contributed by atoms with Gasteiger partial charge in [0.15, 0.2) is 0 Å². The molecule has 2 aromatic rings. The van der Waals surface area contributed by atoms with Gasteiger partial charge < -0.3 is 11.1 Å². The second kappa shape index (κ2) is 7.68. The van der Waals surface area contributed by atoms with Gasteiger partial charge in [0.1, 0.15) is 5.00 Å². The number of hydrogen-bond donors (Lipinski definition) is 2. The van der Waals surface area contributed by atoms with E-state index < -0.39 is 5.91 Å². The molecule has 1 aliphatic carbocycles. The molecule has 0 saturated carbocycles. The molecule has 0 spiro atoms. The Labute approximate surface area is 159 Å². The monoisotopic (exact) mass is 421 g/mol. The molecule has 25 heavy (non-hydrogen) atoms. The Morgan fingerprint density at radius 2 is 2.00 bits per heavy atom. The molecule has 0 bridgehead atoms. The van der Waals surface area contributed by atoms with Crippen molar-refractivity contribution < 1.29 is 9.59 Å². The first-order chi connectivity index (χ1) is 11.9. The number of rotatable bonds is 6. The fourth-order valence-corrected chi connectivity index (χ4v) is 4.70. The lowest BCUT2D eigenvalue weighted by Gasteiger charge is -2.16. The molecule has 0 atom stereocenters. The highest BCUT2D eigenvalue weighted by Crippen LogP contribution is 2.38. The van der Waals surface area contributed by atoms with Gasteiger partial charge in [-0.25, -0.2) is 0 Å². The highest BCUT2D eigenvalue weighted by molar-refractivity contribution is 9.10. The number of thiophene rings is 1. The van der Waals surface area contributed by atoms with E-state index in [-0.39, 0.29) is 12.5 Å². The van der Waals surface area contributed by atoms with Gasteiger partial charge in [-0.05, 0) is 49.6 Å². The highest BCUT2D eigenvalue weighted by Gasteiger charge is 2.26. The van der Waals surface area contributed by atoms with E-state index in [1.165, 1.54) is 16.2 Å². The quantitative estimate of drug-likeness (QED) is 0.751. The molecule has 5 nitrogen and oxygen atoms in total. The van der Waals surface area contributed by atoms with Crippen molar-refractivity contribution in [3.8, 4) is 0 Å². The Morgan fingerprint density at radius 3 is 2.68 bits per heavy atom. The summed E-state index contributed by atoms with van der Waals surface area (Å²) in [6.45, 7) is 0.918. The lowest BCUT2D eigenvalue weighted by Crippen LogP contribution is -2.30. The van der Waals surface area contributed by atoms with Crippen LogP contribution in [-0.4, -0.2) is 30.3 Å². The van der Waals surface area contributed by atoms with Crippen LogP contribution < -0.4 is 11.1 Å². The van der Waals surface area contributed by atoms with Crippen molar-refractivity contribution in [3.05, 3.63) is 50.3 Å². The van der Waals surface area contributed by atoms with Crippen LogP contribution in [0.3, 0.4) is 0 Å². The number of carbonyl (C=O) groups excluding carboxylic acids is 2. The van der Waals surface area contributed by atoms with Crippen molar-refractivity contribution in [2.75, 3.05) is 18.9 Å². The molecular weight excluding hydrogens is 402 g/mol. The summed E-state index contributed by atoms with van der Waals surface area (Å²) in [6.07, 6.45) is 2.87. The molecule has 1 aromatic heterocycles. The average Bonchev–Trinajstić information content (AvgIpc) is 3.09. The maximum absolute atomic E-state index is 12.4. The molecule has 0 fully saturated rings. The van der Waals surface area contributed by atoms with Crippen molar-refractivity contribution in [2.24, 2.45) is 5.73 Å². The number of carbonyl (C=O) groups is 2. The number of nitrogens with zero attached hydrogens (tertiary/aromatic N) is 1. The van der Waals surface area contributed by atoms with Crippen LogP contribution in [0.1, 0.15) is 32.8 Å². The lowest BCUT2D eigenvalue weighted by atomic mass is 10.1. The first kappa shape index (κ1) is 18.1. The summed E-state index contributed by atoms with van der Waals surface area (Å²) in [7, 11) is 1.89. The number of anilines is 1. The first-order valence-corrected chi connectivity index (χ1v) is 9.72. The Hall–Kier alpha value is -1.70. The summed E-state index contributed by atoms with van der Waals surface area (Å²) < 4.78 is 1.03. The number of nitrogens with two attached hydrogens (primary N) is 1. The Kier molecular flexibility index (Phi) is 5.56. The van der Waals surface area contributed by atoms with Gasteiger partial charge in [-0.1, -0.05) is 28.1 Å². The molecule has 1 aromatic carbocycles. The van der Waals surface area contributed by atoms with Crippen LogP contribution in [0.2, 0.25) is 0 Å². The second-order valence-electron chi connectivity index (χ2n) is 6.27. The van der Waals surface area contributed by atoms with E-state index >= 15 is 0 Å². The molecule has 7 heteroatoms. The fraction of sp³-hybridized carbons (Fsp3) is 0.333. The van der Waals surface area contributed by atoms with Gasteiger partial charge in [-0.3, -0.25) is 14.5 Å². The van der Waals surface area contributed by atoms with E-state index in [2.05, 4.69) is 21.2 Å². The summed E-state index contributed by atoms with van der Waals surface area (Å²) in [4.78, 5) is 27.2. The van der Waals surface area contributed by atoms with E-state index in [4.69, 9.17) is 5.73 Å². The smallest absolute Gasteiger partial charge is 0.251 e. The molecule has 0 aliphatic heterocycles. The molecule has 3 rings (SSSR count). The summed E-state index contributed by atoms with van der Waals surface area (Å²) >= 11 is 4.89. The molecule has 0 radical (unpaired) electrons. The number of primary amides is 1. The van der Waals surface area contributed by atoms with Crippen molar-refractivity contribution in [1.29, 1.82) is 0 Å². The summed E-state index contributed by atoms with van der Waals surface area (Å²) in [6, 6.07) is 8.01. The van der Waals surface area contributed by atoms with Gasteiger partial charge in [0, 0.05) is 15.9 Å². The Bertz CT molecular complexity index is 801. The minimum absolute atomic E-state index is 0.137. The van der Waals surface area contributed by atoms with E-state index in [0.717, 1.165) is 34.9 Å². The second-order valence-corrected chi connectivity index (χ2v) is 8.29. The largest absolute Gasteiger partial charge is 0.365 e. The molecule has 3 N–H and O–H groups in total. The van der Waals surface area contributed by atoms with Crippen LogP contribution in [0.5, 0.6) is 0 Å². The molecule has 2 amide bonds. The predicted molar refractivity (Wildman–Crippen MR) is 104 cm³/mol. The van der Waals surface area contributed by atoms with E-state index in [0.29, 0.717) is 17.1 Å². The molecule has 0 unspecified atom stereocenters. The van der Waals surface area contributed by atoms with Gasteiger partial charge in [-0.2, -0.15) is 0 Å². The minimum Gasteiger partial charge on any atom is -0.365 e. The van der Waals surface area contributed by atoms with Crippen LogP contribution in [0, 0.1) is 0 Å². The Morgan fingerprint density at radius 1 is 1.28 bits per heavy atom. The fourth-order valence-electron chi connectivity index (χ4n) is 3.12. The van der Waals surface area contributed by atoms with Gasteiger partial charge in [0.25, 0.3) is 5.91 Å². The summed E-state index contributed by atoms with van der Waals surface area (Å²) in [5.74, 6) is -0.597. The number of aryl methyl sites for hydroxylation is 1. The van der Waals surface area contributed by atoms with Crippen LogP contribution in [0.4, 0.5) is 5.00 Å². The third-order valence-electron chi connectivity index (χ3n) is 4.20. The number of halogens is 1. The average molecular weight is 422 g/mol. The molecule has 0 saturated heterocycles. The highest BCUT2D eigenvalue weighted by atomic mass is 79.9. The topological polar surface area (TPSA) is 75.4 Å². The van der Waals surface area contributed by atoms with Crippen LogP contribution in [-0.2, 0) is 24.2 Å². The van der Waals surface area contributed by atoms with E-state index in [9.17, 15) is 9.59 Å². The number of hydrogen-bond acceptors (Lipinski definition) is 4. The maximum atomic E-state index is 12.4. The Balaban J connectivity index is 1.63. The van der Waals surface area contributed by atoms with Crippen LogP contribution in [0.25, 0.3) is 0 Å². The number of likely N-dealkylation sites (N-methyl/N-ethyl adjacent to an activating group) is 1. The van der Waals surface area contributed by atoms with Gasteiger partial charge >= 0.3 is 0 Å². The third-order valence-corrected chi connectivity index (χ3v) is 5.94. The summed E-state index contributed by atoms with van der Waals surface area (Å²) in [5, 5.41) is 3.47. The molecule has 132 valence electrons. The molecule has 1 heterocycles. The normalized spacial score (nSPS) is 13.1. The van der Waals surface area contributed by atoms with E-state index in [1.54, 1.807) is 0 Å². The third kappa shape index (κ3) is 4.29. The predicted octanol–water partition coefficient (Wildman–Crippen LogP) is 3.17. The zero-order valence-electron chi connectivity index (χ0n) is 14.0. The zero-order chi connectivity index (χ0) is 18.0. The van der Waals surface area contributed by atoms with Crippen molar-refractivity contribution in [1.82, 2.24) is 4.90 Å². The lowest BCUT2D eigenvalue weighted by molar-refractivity contribution is -0.117. The van der Waals surface area contributed by atoms with Crippen molar-refractivity contribution in [3.63, 3.8) is 0 Å². The number of nitrogens with one attached hydrogen (secondary N) is 1. The number of amides is 2. The van der Waals surface area contributed by atoms with Crippen LogP contribution >= 0.6 is 27.3 Å².